The van der Waals surface area contributed by atoms with Crippen molar-refractivity contribution in [2.24, 2.45) is 5.41 Å². The van der Waals surface area contributed by atoms with Gasteiger partial charge in [0.2, 0.25) is 5.91 Å². The van der Waals surface area contributed by atoms with Crippen LogP contribution in [0.25, 0.3) is 0 Å². The van der Waals surface area contributed by atoms with E-state index in [1.807, 2.05) is 0 Å². The van der Waals surface area contributed by atoms with Crippen LogP contribution >= 0.6 is 0 Å². The van der Waals surface area contributed by atoms with Gasteiger partial charge >= 0.3 is 5.97 Å². The van der Waals surface area contributed by atoms with Crippen molar-refractivity contribution >= 4 is 11.9 Å². The molecule has 5 nitrogen and oxygen atoms in total. The molecule has 0 aromatic heterocycles. The summed E-state index contributed by atoms with van der Waals surface area (Å²) in [6, 6.07) is 0. The van der Waals surface area contributed by atoms with Crippen molar-refractivity contribution in [1.82, 2.24) is 5.32 Å². The molecule has 76 valence electrons. The number of carboxylic acids is 1. The maximum absolute atomic E-state index is 10.9. The van der Waals surface area contributed by atoms with Crippen LogP contribution in [0.3, 0.4) is 0 Å². The lowest BCUT2D eigenvalue weighted by molar-refractivity contribution is -0.146. The number of carbonyl (C=O) groups is 2. The molecular formula is C8H15NO4. The van der Waals surface area contributed by atoms with E-state index < -0.39 is 11.4 Å². The number of ether oxygens (including phenoxy) is 1. The van der Waals surface area contributed by atoms with Crippen molar-refractivity contribution in [2.45, 2.75) is 13.8 Å². The van der Waals surface area contributed by atoms with Crippen LogP contribution in [0.15, 0.2) is 0 Å². The molecule has 0 spiro atoms. The Kier molecular flexibility index (Phi) is 4.40. The molecule has 0 aromatic rings. The van der Waals surface area contributed by atoms with Crippen molar-refractivity contribution in [2.75, 3.05) is 20.3 Å². The van der Waals surface area contributed by atoms with Crippen LogP contribution in [0.2, 0.25) is 0 Å². The van der Waals surface area contributed by atoms with E-state index in [0.29, 0.717) is 0 Å². The van der Waals surface area contributed by atoms with Crippen LogP contribution in [-0.2, 0) is 14.3 Å². The number of hydrogen-bond acceptors (Lipinski definition) is 3. The predicted octanol–water partition coefficient (Wildman–Crippen LogP) is -0.140. The molecule has 0 fully saturated rings. The van der Waals surface area contributed by atoms with E-state index in [9.17, 15) is 9.59 Å². The summed E-state index contributed by atoms with van der Waals surface area (Å²) in [5.41, 5.74) is -0.941. The summed E-state index contributed by atoms with van der Waals surface area (Å²) in [7, 11) is 1.40. The Morgan fingerprint density at radius 2 is 2.00 bits per heavy atom. The van der Waals surface area contributed by atoms with Crippen LogP contribution in [0.1, 0.15) is 13.8 Å². The molecule has 0 radical (unpaired) electrons. The molecule has 0 rings (SSSR count). The molecule has 0 aliphatic carbocycles. The lowest BCUT2D eigenvalue weighted by Crippen LogP contribution is -2.40. The molecule has 2 N–H and O–H groups in total. The zero-order chi connectivity index (χ0) is 10.5. The van der Waals surface area contributed by atoms with Gasteiger partial charge in [0.15, 0.2) is 0 Å². The zero-order valence-corrected chi connectivity index (χ0v) is 8.09. The predicted molar refractivity (Wildman–Crippen MR) is 46.3 cm³/mol. The van der Waals surface area contributed by atoms with E-state index in [1.165, 1.54) is 7.11 Å². The monoisotopic (exact) mass is 189 g/mol. The molecule has 13 heavy (non-hydrogen) atoms. The van der Waals surface area contributed by atoms with Gasteiger partial charge in [-0.05, 0) is 13.8 Å². The average molecular weight is 189 g/mol. The Morgan fingerprint density at radius 3 is 2.38 bits per heavy atom. The molecular weight excluding hydrogens is 174 g/mol. The standard InChI is InChI=1S/C8H15NO4/c1-8(2,7(11)12)5-9-6(10)4-13-3/h4-5H2,1-3H3,(H,9,10)(H,11,12). The highest BCUT2D eigenvalue weighted by atomic mass is 16.5. The molecule has 0 saturated carbocycles. The highest BCUT2D eigenvalue weighted by molar-refractivity contribution is 5.79. The van der Waals surface area contributed by atoms with Crippen LogP contribution < -0.4 is 5.32 Å². The molecule has 1 amide bonds. The third-order valence-electron chi connectivity index (χ3n) is 1.58. The summed E-state index contributed by atoms with van der Waals surface area (Å²) in [6.45, 7) is 3.14. The van der Waals surface area contributed by atoms with E-state index in [-0.39, 0.29) is 19.1 Å². The average Bonchev–Trinajstić information content (AvgIpc) is 2.01. The second-order valence-electron chi connectivity index (χ2n) is 3.40. The summed E-state index contributed by atoms with van der Waals surface area (Å²) < 4.78 is 4.57. The largest absolute Gasteiger partial charge is 0.481 e. The Morgan fingerprint density at radius 1 is 1.46 bits per heavy atom. The normalized spacial score (nSPS) is 11.0. The van der Waals surface area contributed by atoms with E-state index >= 15 is 0 Å². The lowest BCUT2D eigenvalue weighted by atomic mass is 9.94. The molecule has 0 aromatic carbocycles. The third-order valence-corrected chi connectivity index (χ3v) is 1.58. The zero-order valence-electron chi connectivity index (χ0n) is 8.09. The highest BCUT2D eigenvalue weighted by Crippen LogP contribution is 2.12. The van der Waals surface area contributed by atoms with Gasteiger partial charge in [-0.2, -0.15) is 0 Å². The van der Waals surface area contributed by atoms with Crippen molar-refractivity contribution < 1.29 is 19.4 Å². The van der Waals surface area contributed by atoms with E-state index in [0.717, 1.165) is 0 Å². The molecule has 0 atom stereocenters. The van der Waals surface area contributed by atoms with Gasteiger partial charge in [0.25, 0.3) is 0 Å². The summed E-state index contributed by atoms with van der Waals surface area (Å²) in [5.74, 6) is -1.25. The van der Waals surface area contributed by atoms with Gasteiger partial charge in [0.05, 0.1) is 5.41 Å². The number of hydrogen-bond donors (Lipinski definition) is 2. The minimum absolute atomic E-state index is 0.0459. The smallest absolute Gasteiger partial charge is 0.310 e. The first kappa shape index (κ1) is 11.9. The van der Waals surface area contributed by atoms with Gasteiger partial charge in [0, 0.05) is 13.7 Å². The second-order valence-corrected chi connectivity index (χ2v) is 3.40. The van der Waals surface area contributed by atoms with Gasteiger partial charge in [-0.15, -0.1) is 0 Å². The fraction of sp³-hybridized carbons (Fsp3) is 0.750. The van der Waals surface area contributed by atoms with Crippen molar-refractivity contribution in [3.05, 3.63) is 0 Å². The number of amides is 1. The van der Waals surface area contributed by atoms with E-state index in [1.54, 1.807) is 13.8 Å². The van der Waals surface area contributed by atoms with Crippen LogP contribution in [-0.4, -0.2) is 37.2 Å². The summed E-state index contributed by atoms with van der Waals surface area (Å²) in [5, 5.41) is 11.2. The fourth-order valence-electron chi connectivity index (χ4n) is 0.577. The number of methoxy groups -OCH3 is 1. The summed E-state index contributed by atoms with van der Waals surface area (Å²) in [4.78, 5) is 21.5. The number of carbonyl (C=O) groups excluding carboxylic acids is 1. The molecule has 0 bridgehead atoms. The minimum atomic E-state index is -0.941. The SMILES string of the molecule is COCC(=O)NCC(C)(C)C(=O)O. The van der Waals surface area contributed by atoms with Gasteiger partial charge < -0.3 is 15.2 Å². The molecule has 0 unspecified atom stereocenters. The number of nitrogens with one attached hydrogen (secondary N) is 1. The van der Waals surface area contributed by atoms with Crippen molar-refractivity contribution in [1.29, 1.82) is 0 Å². The Balaban J connectivity index is 3.88. The molecule has 0 heterocycles. The Bertz CT molecular complexity index is 200. The van der Waals surface area contributed by atoms with Crippen LogP contribution in [0, 0.1) is 5.41 Å². The van der Waals surface area contributed by atoms with Crippen molar-refractivity contribution in [3.8, 4) is 0 Å². The maximum Gasteiger partial charge on any atom is 0.310 e. The molecule has 0 saturated heterocycles. The lowest BCUT2D eigenvalue weighted by Gasteiger charge is -2.19. The maximum atomic E-state index is 10.9. The summed E-state index contributed by atoms with van der Waals surface area (Å²) in [6.07, 6.45) is 0. The minimum Gasteiger partial charge on any atom is -0.481 e. The van der Waals surface area contributed by atoms with Crippen molar-refractivity contribution in [3.63, 3.8) is 0 Å². The van der Waals surface area contributed by atoms with Crippen LogP contribution in [0.4, 0.5) is 0 Å². The molecule has 0 aliphatic rings. The van der Waals surface area contributed by atoms with Gasteiger partial charge in [-0.3, -0.25) is 9.59 Å². The third kappa shape index (κ3) is 4.47. The summed E-state index contributed by atoms with van der Waals surface area (Å²) >= 11 is 0. The molecule has 5 heteroatoms. The Labute approximate surface area is 77.1 Å². The second kappa shape index (κ2) is 4.81. The van der Waals surface area contributed by atoms with Gasteiger partial charge in [-0.1, -0.05) is 0 Å². The van der Waals surface area contributed by atoms with E-state index in [2.05, 4.69) is 10.1 Å². The fourth-order valence-corrected chi connectivity index (χ4v) is 0.577. The Hall–Kier alpha value is -1.10. The number of aliphatic carboxylic acids is 1. The topological polar surface area (TPSA) is 75.6 Å². The number of rotatable bonds is 5. The first-order valence-electron chi connectivity index (χ1n) is 3.89. The number of carboxylic acid groups (broad SMARTS) is 1. The highest BCUT2D eigenvalue weighted by Gasteiger charge is 2.27. The molecule has 0 aliphatic heterocycles. The van der Waals surface area contributed by atoms with E-state index in [4.69, 9.17) is 5.11 Å². The first-order chi connectivity index (χ1) is 5.90. The quantitative estimate of drug-likeness (QED) is 0.631. The van der Waals surface area contributed by atoms with Crippen LogP contribution in [0.5, 0.6) is 0 Å². The van der Waals surface area contributed by atoms with Gasteiger partial charge in [0.1, 0.15) is 6.61 Å². The van der Waals surface area contributed by atoms with Gasteiger partial charge in [-0.25, -0.2) is 0 Å². The first-order valence-corrected chi connectivity index (χ1v) is 3.89.